The second kappa shape index (κ2) is 8.01. The van der Waals surface area contributed by atoms with Crippen molar-refractivity contribution < 1.29 is 9.47 Å². The van der Waals surface area contributed by atoms with Gasteiger partial charge in [0.25, 0.3) is 5.56 Å². The van der Waals surface area contributed by atoms with Crippen LogP contribution in [0.15, 0.2) is 68.8 Å². The van der Waals surface area contributed by atoms with Crippen LogP contribution in [0.1, 0.15) is 17.0 Å². The number of ether oxygens (including phenoxy) is 2. The quantitative estimate of drug-likeness (QED) is 0.450. The normalized spacial score (nSPS) is 13.4. The Morgan fingerprint density at radius 3 is 2.66 bits per heavy atom. The summed E-state index contributed by atoms with van der Waals surface area (Å²) in [6.45, 7) is 4.07. The molecule has 162 valence electrons. The third-order valence-corrected chi connectivity index (χ3v) is 6.23. The van der Waals surface area contributed by atoms with Gasteiger partial charge >= 0.3 is 0 Å². The summed E-state index contributed by atoms with van der Waals surface area (Å²) in [6.07, 6.45) is 1.74. The molecule has 0 unspecified atom stereocenters. The van der Waals surface area contributed by atoms with Crippen molar-refractivity contribution in [1.82, 2.24) is 14.0 Å². The molecular weight excluding hydrogens is 426 g/mol. The zero-order valence-corrected chi connectivity index (χ0v) is 18.7. The van der Waals surface area contributed by atoms with Gasteiger partial charge in [-0.3, -0.25) is 9.48 Å². The average molecular weight is 448 g/mol. The number of rotatable bonds is 4. The van der Waals surface area contributed by atoms with Gasteiger partial charge in [-0.05, 0) is 49.7 Å². The van der Waals surface area contributed by atoms with E-state index >= 15 is 0 Å². The maximum atomic E-state index is 13.2. The van der Waals surface area contributed by atoms with E-state index in [1.807, 2.05) is 79.5 Å². The van der Waals surface area contributed by atoms with Crippen molar-refractivity contribution in [2.24, 2.45) is 17.1 Å². The van der Waals surface area contributed by atoms with Crippen LogP contribution < -0.4 is 19.8 Å². The van der Waals surface area contributed by atoms with Crippen LogP contribution in [0.5, 0.6) is 11.5 Å². The molecule has 1 aliphatic heterocycles. The van der Waals surface area contributed by atoms with E-state index in [4.69, 9.17) is 14.5 Å². The molecule has 0 saturated heterocycles. The summed E-state index contributed by atoms with van der Waals surface area (Å²) >= 11 is 1.44. The van der Waals surface area contributed by atoms with Crippen LogP contribution in [0.4, 0.5) is 5.69 Å². The minimum Gasteiger partial charge on any atom is -0.454 e. The van der Waals surface area contributed by atoms with Crippen LogP contribution >= 0.6 is 11.3 Å². The average Bonchev–Trinajstić information content (AvgIpc) is 3.46. The third-order valence-electron chi connectivity index (χ3n) is 5.30. The zero-order valence-electron chi connectivity index (χ0n) is 17.8. The van der Waals surface area contributed by atoms with E-state index < -0.39 is 0 Å². The minimum atomic E-state index is -0.173. The molecule has 5 rings (SSSR count). The fourth-order valence-electron chi connectivity index (χ4n) is 3.50. The van der Waals surface area contributed by atoms with Gasteiger partial charge in [0.05, 0.1) is 23.3 Å². The molecule has 0 amide bonds. The summed E-state index contributed by atoms with van der Waals surface area (Å²) in [5.41, 5.74) is 3.58. The molecule has 2 aromatic carbocycles. The van der Waals surface area contributed by atoms with Gasteiger partial charge in [0.15, 0.2) is 17.2 Å². The molecule has 1 aliphatic rings. The topological polar surface area (TPSA) is 75.0 Å². The van der Waals surface area contributed by atoms with E-state index in [2.05, 4.69) is 5.10 Å². The molecule has 9 heteroatoms. The summed E-state index contributed by atoms with van der Waals surface area (Å²) in [5, 5.41) is 6.56. The molecule has 0 fully saturated rings. The van der Waals surface area contributed by atoms with E-state index in [0.717, 1.165) is 28.4 Å². The third kappa shape index (κ3) is 3.46. The molecular formula is C23H21N5O3S. The number of thiazole rings is 1. The molecule has 0 atom stereocenters. The number of hydrogen-bond acceptors (Lipinski definition) is 6. The second-order valence-corrected chi connectivity index (χ2v) is 8.19. The Hall–Kier alpha value is -3.85. The van der Waals surface area contributed by atoms with Crippen molar-refractivity contribution >= 4 is 23.2 Å². The minimum absolute atomic E-state index is 0.173. The molecule has 32 heavy (non-hydrogen) atoms. The molecule has 3 heterocycles. The van der Waals surface area contributed by atoms with E-state index in [-0.39, 0.29) is 12.4 Å². The Balaban J connectivity index is 1.56. The number of benzene rings is 2. The Morgan fingerprint density at radius 2 is 1.84 bits per heavy atom. The first-order valence-corrected chi connectivity index (χ1v) is 10.9. The SMILES string of the molecule is Cc1csc(=Nc2c(C)n(C)n(-c3ccccc3)c2=O)n1N=Cc1ccc2c(c1)OCO2. The van der Waals surface area contributed by atoms with E-state index in [0.29, 0.717) is 16.2 Å². The number of fused-ring (bicyclic) bond motifs is 1. The van der Waals surface area contributed by atoms with Crippen LogP contribution in [0.25, 0.3) is 5.69 Å². The van der Waals surface area contributed by atoms with Gasteiger partial charge in [-0.1, -0.05) is 18.2 Å². The summed E-state index contributed by atoms with van der Waals surface area (Å²) in [4.78, 5) is 18.5. The lowest BCUT2D eigenvalue weighted by Crippen LogP contribution is -2.19. The van der Waals surface area contributed by atoms with E-state index in [9.17, 15) is 4.79 Å². The van der Waals surface area contributed by atoms with Gasteiger partial charge in [0.1, 0.15) is 0 Å². The van der Waals surface area contributed by atoms with Crippen LogP contribution in [-0.2, 0) is 7.05 Å². The van der Waals surface area contributed by atoms with Crippen LogP contribution in [-0.4, -0.2) is 27.0 Å². The highest BCUT2D eigenvalue weighted by Crippen LogP contribution is 2.32. The molecule has 0 bridgehead atoms. The number of aromatic nitrogens is 3. The van der Waals surface area contributed by atoms with Gasteiger partial charge < -0.3 is 9.47 Å². The van der Waals surface area contributed by atoms with Crippen molar-refractivity contribution in [3.8, 4) is 17.2 Å². The Labute approximate surface area is 187 Å². The molecule has 0 spiro atoms. The van der Waals surface area contributed by atoms with Crippen molar-refractivity contribution in [2.45, 2.75) is 13.8 Å². The molecule has 0 saturated carbocycles. The maximum Gasteiger partial charge on any atom is 0.297 e. The van der Waals surface area contributed by atoms with E-state index in [1.165, 1.54) is 11.3 Å². The first-order chi connectivity index (χ1) is 15.5. The molecule has 0 radical (unpaired) electrons. The molecule has 0 N–H and O–H groups in total. The Bertz CT molecular complexity index is 1460. The summed E-state index contributed by atoms with van der Waals surface area (Å²) < 4.78 is 16.0. The fraction of sp³-hybridized carbons (Fsp3) is 0.174. The first-order valence-electron chi connectivity index (χ1n) is 10.0. The first kappa shape index (κ1) is 20.1. The van der Waals surface area contributed by atoms with Gasteiger partial charge in [-0.2, -0.15) is 5.10 Å². The highest BCUT2D eigenvalue weighted by Gasteiger charge is 2.16. The number of hydrogen-bond donors (Lipinski definition) is 0. The lowest BCUT2D eigenvalue weighted by molar-refractivity contribution is 0.174. The van der Waals surface area contributed by atoms with Crippen LogP contribution in [0, 0.1) is 13.8 Å². The Kier molecular flexibility index (Phi) is 5.02. The smallest absolute Gasteiger partial charge is 0.297 e. The maximum absolute atomic E-state index is 13.2. The summed E-state index contributed by atoms with van der Waals surface area (Å²) in [6, 6.07) is 15.2. The van der Waals surface area contributed by atoms with Crippen molar-refractivity contribution in [1.29, 1.82) is 0 Å². The highest BCUT2D eigenvalue weighted by molar-refractivity contribution is 7.07. The van der Waals surface area contributed by atoms with Crippen LogP contribution in [0.2, 0.25) is 0 Å². The van der Waals surface area contributed by atoms with Gasteiger partial charge in [-0.25, -0.2) is 14.4 Å². The molecule has 2 aromatic heterocycles. The summed E-state index contributed by atoms with van der Waals surface area (Å²) in [7, 11) is 1.86. The molecule has 8 nitrogen and oxygen atoms in total. The largest absolute Gasteiger partial charge is 0.454 e. The van der Waals surface area contributed by atoms with Gasteiger partial charge in [0, 0.05) is 12.4 Å². The molecule has 4 aromatic rings. The number of aryl methyl sites for hydroxylation is 1. The van der Waals surface area contributed by atoms with Crippen LogP contribution in [0.3, 0.4) is 0 Å². The van der Waals surface area contributed by atoms with Gasteiger partial charge in [0.2, 0.25) is 11.6 Å². The van der Waals surface area contributed by atoms with Crippen molar-refractivity contribution in [3.05, 3.63) is 86.0 Å². The lowest BCUT2D eigenvalue weighted by atomic mass is 10.2. The monoisotopic (exact) mass is 447 g/mol. The van der Waals surface area contributed by atoms with E-state index in [1.54, 1.807) is 15.6 Å². The fourth-order valence-corrected chi connectivity index (χ4v) is 4.31. The highest BCUT2D eigenvalue weighted by atomic mass is 32.1. The molecule has 0 aliphatic carbocycles. The van der Waals surface area contributed by atoms with Gasteiger partial charge in [-0.15, -0.1) is 11.3 Å². The number of para-hydroxylation sites is 1. The second-order valence-electron chi connectivity index (χ2n) is 7.35. The zero-order chi connectivity index (χ0) is 22.2. The lowest BCUT2D eigenvalue weighted by Gasteiger charge is -2.07. The summed E-state index contributed by atoms with van der Waals surface area (Å²) in [5.74, 6) is 1.43. The Morgan fingerprint density at radius 1 is 1.06 bits per heavy atom. The predicted molar refractivity (Wildman–Crippen MR) is 124 cm³/mol. The van der Waals surface area contributed by atoms with Crippen molar-refractivity contribution in [2.75, 3.05) is 6.79 Å². The van der Waals surface area contributed by atoms with Crippen molar-refractivity contribution in [3.63, 3.8) is 0 Å². The predicted octanol–water partition coefficient (Wildman–Crippen LogP) is 3.50. The number of nitrogens with zero attached hydrogens (tertiary/aromatic N) is 5. The standard InChI is InChI=1S/C23H21N5O3S/c1-15-13-32-23(27(15)24-12-17-9-10-19-20(11-17)31-14-30-19)25-21-16(2)26(3)28(22(21)29)18-7-5-4-6-8-18/h4-13H,14H2,1-3H3.